The summed E-state index contributed by atoms with van der Waals surface area (Å²) < 4.78 is 7.08. The molecule has 4 rings (SSSR count). The summed E-state index contributed by atoms with van der Waals surface area (Å²) in [6.45, 7) is 0.0255. The van der Waals surface area contributed by atoms with Crippen LogP contribution >= 0.6 is 15.9 Å². The minimum Gasteiger partial charge on any atom is -0.465 e. The van der Waals surface area contributed by atoms with E-state index in [1.54, 1.807) is 30.3 Å². The number of para-hydroxylation sites is 2. The third kappa shape index (κ3) is 3.59. The molecule has 150 valence electrons. The number of nitrogens with zero attached hydrogens (tertiary/aromatic N) is 1. The van der Waals surface area contributed by atoms with Crippen molar-refractivity contribution >= 4 is 55.3 Å². The summed E-state index contributed by atoms with van der Waals surface area (Å²) >= 11 is 3.33. The molecule has 1 N–H and O–H groups in total. The van der Waals surface area contributed by atoms with Gasteiger partial charge in [0.2, 0.25) is 5.91 Å². The number of hydrogen-bond donors (Lipinski definition) is 1. The topological polar surface area (TPSA) is 77.4 Å². The largest absolute Gasteiger partial charge is 0.465 e. The summed E-state index contributed by atoms with van der Waals surface area (Å²) in [5.41, 5.74) is 2.24. The van der Waals surface area contributed by atoms with E-state index in [0.717, 1.165) is 0 Å². The normalized spacial score (nSPS) is 10.9. The fourth-order valence-corrected chi connectivity index (χ4v) is 4.00. The van der Waals surface area contributed by atoms with Gasteiger partial charge in [0.05, 0.1) is 23.7 Å². The van der Waals surface area contributed by atoms with Gasteiger partial charge in [0.25, 0.3) is 0 Å². The zero-order valence-electron chi connectivity index (χ0n) is 16.0. The number of pyridine rings is 1. The second-order valence-electron chi connectivity index (χ2n) is 6.68. The van der Waals surface area contributed by atoms with Crippen molar-refractivity contribution in [2.45, 2.75) is 6.54 Å². The second kappa shape index (κ2) is 8.12. The minimum atomic E-state index is -0.467. The number of hydrogen-bond acceptors (Lipinski definition) is 4. The fourth-order valence-electron chi connectivity index (χ4n) is 3.46. The highest BCUT2D eigenvalue weighted by Crippen LogP contribution is 2.23. The number of fused-ring (bicyclic) bond motifs is 2. The summed E-state index contributed by atoms with van der Waals surface area (Å²) in [5, 5.41) is 3.97. The molecule has 0 spiro atoms. The first-order valence-electron chi connectivity index (χ1n) is 9.17. The van der Waals surface area contributed by atoms with Crippen molar-refractivity contribution < 1.29 is 14.3 Å². The van der Waals surface area contributed by atoms with E-state index < -0.39 is 5.97 Å². The average molecular weight is 465 g/mol. The number of aromatic nitrogens is 1. The van der Waals surface area contributed by atoms with E-state index in [0.29, 0.717) is 37.5 Å². The number of methoxy groups -OCH3 is 1. The molecule has 1 amide bonds. The lowest BCUT2D eigenvalue weighted by atomic mass is 10.1. The van der Waals surface area contributed by atoms with E-state index in [-0.39, 0.29) is 17.9 Å². The van der Waals surface area contributed by atoms with Crippen LogP contribution in [0.4, 0.5) is 5.69 Å². The molecule has 0 saturated carbocycles. The molecule has 7 heteroatoms. The van der Waals surface area contributed by atoms with Crippen LogP contribution in [0.5, 0.6) is 0 Å². The first kappa shape index (κ1) is 19.8. The molecule has 0 radical (unpaired) electrons. The number of anilines is 1. The Morgan fingerprint density at radius 3 is 2.13 bits per heavy atom. The van der Waals surface area contributed by atoms with E-state index in [2.05, 4.69) is 21.2 Å². The van der Waals surface area contributed by atoms with Gasteiger partial charge in [-0.2, -0.15) is 0 Å². The zero-order chi connectivity index (χ0) is 21.3. The highest BCUT2D eigenvalue weighted by atomic mass is 79.9. The molecule has 0 aliphatic rings. The van der Waals surface area contributed by atoms with Crippen molar-refractivity contribution in [1.82, 2.24) is 4.57 Å². The van der Waals surface area contributed by atoms with E-state index in [4.69, 9.17) is 4.74 Å². The maximum Gasteiger partial charge on any atom is 0.339 e. The average Bonchev–Trinajstić information content (AvgIpc) is 2.76. The Balaban J connectivity index is 1.70. The van der Waals surface area contributed by atoms with Crippen LogP contribution in [0.15, 0.2) is 76.0 Å². The molecule has 0 aliphatic carbocycles. The van der Waals surface area contributed by atoms with Gasteiger partial charge < -0.3 is 14.6 Å². The molecule has 0 unspecified atom stereocenters. The predicted molar refractivity (Wildman–Crippen MR) is 120 cm³/mol. The maximum absolute atomic E-state index is 12.8. The van der Waals surface area contributed by atoms with Crippen molar-refractivity contribution in [3.05, 3.63) is 87.0 Å². The number of ether oxygens (including phenoxy) is 1. The van der Waals surface area contributed by atoms with Crippen LogP contribution in [0.25, 0.3) is 21.8 Å². The molecule has 3 aromatic carbocycles. The molecule has 1 aromatic heterocycles. The fraction of sp³-hybridized carbons (Fsp3) is 0.0870. The van der Waals surface area contributed by atoms with Gasteiger partial charge in [-0.1, -0.05) is 24.3 Å². The molecule has 0 fully saturated rings. The van der Waals surface area contributed by atoms with Gasteiger partial charge in [0.1, 0.15) is 6.54 Å². The first-order valence-corrected chi connectivity index (χ1v) is 9.97. The van der Waals surface area contributed by atoms with Crippen molar-refractivity contribution in [3.63, 3.8) is 0 Å². The van der Waals surface area contributed by atoms with Gasteiger partial charge in [-0.25, -0.2) is 4.79 Å². The highest BCUT2D eigenvalue weighted by molar-refractivity contribution is 9.10. The van der Waals surface area contributed by atoms with Crippen LogP contribution in [0.1, 0.15) is 10.4 Å². The number of amides is 1. The van der Waals surface area contributed by atoms with Crippen LogP contribution in [0, 0.1) is 0 Å². The SMILES string of the molecule is COC(=O)c1ccc(NC(=O)Cn2c3ccccc3c(=O)c3ccccc32)cc1Br. The van der Waals surface area contributed by atoms with Gasteiger partial charge in [0.15, 0.2) is 5.43 Å². The number of halogens is 1. The van der Waals surface area contributed by atoms with Gasteiger partial charge in [-0.3, -0.25) is 9.59 Å². The molecule has 0 atom stereocenters. The highest BCUT2D eigenvalue weighted by Gasteiger charge is 2.14. The third-order valence-corrected chi connectivity index (χ3v) is 5.49. The molecular formula is C23H17BrN2O4. The summed E-state index contributed by atoms with van der Waals surface area (Å²) in [6.07, 6.45) is 0. The Bertz CT molecular complexity index is 1300. The number of rotatable bonds is 4. The quantitative estimate of drug-likeness (QED) is 0.359. The first-order chi connectivity index (χ1) is 14.5. The zero-order valence-corrected chi connectivity index (χ0v) is 17.6. The van der Waals surface area contributed by atoms with Crippen molar-refractivity contribution in [3.8, 4) is 0 Å². The number of benzene rings is 3. The van der Waals surface area contributed by atoms with Gasteiger partial charge in [0, 0.05) is 20.9 Å². The summed E-state index contributed by atoms with van der Waals surface area (Å²) in [5.74, 6) is -0.724. The van der Waals surface area contributed by atoms with E-state index in [1.807, 2.05) is 41.0 Å². The van der Waals surface area contributed by atoms with E-state index >= 15 is 0 Å². The number of carbonyl (C=O) groups is 2. The monoisotopic (exact) mass is 464 g/mol. The Morgan fingerprint density at radius 2 is 1.57 bits per heavy atom. The lowest BCUT2D eigenvalue weighted by Crippen LogP contribution is -2.21. The van der Waals surface area contributed by atoms with E-state index in [9.17, 15) is 14.4 Å². The number of carbonyl (C=O) groups excluding carboxylic acids is 2. The summed E-state index contributed by atoms with van der Waals surface area (Å²) in [4.78, 5) is 37.3. The van der Waals surface area contributed by atoms with Crippen molar-refractivity contribution in [2.24, 2.45) is 0 Å². The van der Waals surface area contributed by atoms with Crippen LogP contribution in [-0.2, 0) is 16.1 Å². The van der Waals surface area contributed by atoms with Gasteiger partial charge in [-0.15, -0.1) is 0 Å². The Labute approximate surface area is 180 Å². The lowest BCUT2D eigenvalue weighted by molar-refractivity contribution is -0.116. The number of nitrogens with one attached hydrogen (secondary N) is 1. The maximum atomic E-state index is 12.8. The molecule has 0 saturated heterocycles. The summed E-state index contributed by atoms with van der Waals surface area (Å²) in [6, 6.07) is 19.4. The smallest absolute Gasteiger partial charge is 0.339 e. The Hall–Kier alpha value is -3.45. The molecule has 4 aromatic rings. The van der Waals surface area contributed by atoms with Gasteiger partial charge in [-0.05, 0) is 58.4 Å². The van der Waals surface area contributed by atoms with Gasteiger partial charge >= 0.3 is 5.97 Å². The third-order valence-electron chi connectivity index (χ3n) is 4.84. The lowest BCUT2D eigenvalue weighted by Gasteiger charge is -2.15. The minimum absolute atomic E-state index is 0.0255. The molecule has 1 heterocycles. The molecule has 0 bridgehead atoms. The Morgan fingerprint density at radius 1 is 0.967 bits per heavy atom. The van der Waals surface area contributed by atoms with Crippen LogP contribution in [0.3, 0.4) is 0 Å². The molecular weight excluding hydrogens is 448 g/mol. The van der Waals surface area contributed by atoms with Crippen molar-refractivity contribution in [1.29, 1.82) is 0 Å². The van der Waals surface area contributed by atoms with Crippen molar-refractivity contribution in [2.75, 3.05) is 12.4 Å². The Kier molecular flexibility index (Phi) is 5.37. The van der Waals surface area contributed by atoms with Crippen LogP contribution < -0.4 is 10.7 Å². The van der Waals surface area contributed by atoms with E-state index in [1.165, 1.54) is 7.11 Å². The molecule has 30 heavy (non-hydrogen) atoms. The summed E-state index contributed by atoms with van der Waals surface area (Å²) in [7, 11) is 1.31. The predicted octanol–water partition coefficient (Wildman–Crippen LogP) is 4.34. The molecule has 6 nitrogen and oxygen atoms in total. The molecule has 0 aliphatic heterocycles. The number of esters is 1. The van der Waals surface area contributed by atoms with Crippen LogP contribution in [-0.4, -0.2) is 23.6 Å². The second-order valence-corrected chi connectivity index (χ2v) is 7.54. The van der Waals surface area contributed by atoms with Crippen LogP contribution in [0.2, 0.25) is 0 Å². The standard InChI is InChI=1S/C23H17BrN2O4/c1-30-23(29)15-11-10-14(12-18(15)24)25-21(27)13-26-19-8-4-2-6-16(19)22(28)17-7-3-5-9-20(17)26/h2-12H,13H2,1H3,(H,25,27).